The normalized spacial score (nSPS) is 12.4. The fraction of sp³-hybridized carbons (Fsp3) is 0.0333. The van der Waals surface area contributed by atoms with Gasteiger partial charge in [0.25, 0.3) is 0 Å². The third kappa shape index (κ3) is 14.4. The molecule has 21 aromatic rings. The minimum Gasteiger partial charge on any atom is -0.265 e. The maximum absolute atomic E-state index is 5.09. The molecule has 2 aliphatic rings. The summed E-state index contributed by atoms with van der Waals surface area (Å²) in [6.45, 7) is 4.72. The number of nitrogens with zero attached hydrogens (tertiary/aromatic N) is 8. The van der Waals surface area contributed by atoms with Gasteiger partial charge in [0, 0.05) is 62.9 Å². The van der Waals surface area contributed by atoms with Crippen molar-refractivity contribution < 1.29 is 0 Å². The van der Waals surface area contributed by atoms with Gasteiger partial charge in [-0.05, 0) is 205 Å². The molecule has 0 N–H and O–H groups in total. The van der Waals surface area contributed by atoms with E-state index in [0.29, 0.717) is 34.9 Å². The lowest BCUT2D eigenvalue weighted by Gasteiger charge is -2.34. The van der Waals surface area contributed by atoms with E-state index in [1.54, 1.807) is 0 Å². The summed E-state index contributed by atoms with van der Waals surface area (Å²) in [5.74, 6) is 3.67. The fourth-order valence-electron chi connectivity index (χ4n) is 19.1. The molecule has 17 aromatic carbocycles. The SMILES string of the molecule is CC1(C)c2cccc(-c3cccc(-c4cccc(-c5cccc(-c6nc(-c7ccccc7)nc(-c7ccc(-c8ccccc8)nc7)n6)c5)c4)c3)c2-c2c1ccc1ccccc21.c1ccc(-c2nc(-c3ccc(-c4ccncc4)cc3)nc(-c3cccc(-c4cccc(-c5cccc(-c6cccc7c6-c6ccccc6C7(c6ccccc6)c6ccccc6)c5)c4)c3)n2)cc1. The van der Waals surface area contributed by atoms with Gasteiger partial charge in [-0.3, -0.25) is 9.97 Å². The third-order valence-electron chi connectivity index (χ3n) is 25.3. The zero-order chi connectivity index (χ0) is 85.5. The Hall–Kier alpha value is -16.7. The lowest BCUT2D eigenvalue weighted by atomic mass is 9.67. The zero-order valence-electron chi connectivity index (χ0n) is 70.5. The van der Waals surface area contributed by atoms with Crippen LogP contribution in [0.5, 0.6) is 0 Å². The van der Waals surface area contributed by atoms with Crippen LogP contribution in [0.25, 0.3) is 190 Å². The predicted octanol–water partition coefficient (Wildman–Crippen LogP) is 29.7. The maximum atomic E-state index is 5.09. The smallest absolute Gasteiger partial charge is 0.165 e. The Kier molecular flexibility index (Phi) is 20.1. The van der Waals surface area contributed by atoms with Gasteiger partial charge < -0.3 is 0 Å². The second-order valence-electron chi connectivity index (χ2n) is 33.3. The quantitative estimate of drug-likeness (QED) is 0.0943. The molecule has 8 heteroatoms. The van der Waals surface area contributed by atoms with E-state index in [9.17, 15) is 0 Å². The Balaban J connectivity index is 0.000000151. The summed E-state index contributed by atoms with van der Waals surface area (Å²) < 4.78 is 0. The summed E-state index contributed by atoms with van der Waals surface area (Å²) in [4.78, 5) is 39.1. The molecule has 0 spiro atoms. The van der Waals surface area contributed by atoms with E-state index in [0.717, 1.165) is 94.7 Å². The van der Waals surface area contributed by atoms with Gasteiger partial charge in [-0.1, -0.05) is 396 Å². The minimum absolute atomic E-state index is 0.0947. The largest absolute Gasteiger partial charge is 0.265 e. The van der Waals surface area contributed by atoms with Gasteiger partial charge >= 0.3 is 0 Å². The molecule has 0 aliphatic heterocycles. The molecule has 0 unspecified atom stereocenters. The van der Waals surface area contributed by atoms with Crippen LogP contribution in [0.1, 0.15) is 47.2 Å². The van der Waals surface area contributed by atoms with Crippen LogP contribution in [0.4, 0.5) is 0 Å². The summed E-state index contributed by atoms with van der Waals surface area (Å²) in [6, 6.07) is 158. The van der Waals surface area contributed by atoms with Gasteiger partial charge in [-0.2, -0.15) is 0 Å². The molecule has 0 bridgehead atoms. The molecular weight excluding hydrogens is 1550 g/mol. The Morgan fingerprint density at radius 3 is 1.02 bits per heavy atom. The molecule has 0 amide bonds. The average Bonchev–Trinajstić information content (AvgIpc) is 1.53. The molecular formula is C120H82N8. The standard InChI is InChI=1S/C63H42N4.C57H40N4/c1-4-16-45(17-5-1)60-65-61(46-34-32-43(33-35-46)44-36-38-64-39-37-44)67-62(66-60)52-23-14-21-50(42-52)48-19-12-18-47(40-48)49-20-13-22-51(41-49)55-29-15-31-58-59(55)56-28-10-11-30-57(56)63(58,53-24-6-2-7-25-53)54-26-8-3-9-27-54;1-57(2)49-28-14-27-48(53(49)52-47-26-10-9-15-37(47)29-31-50(52)57)44-24-12-22-42(34-44)40-20-11-21-41(33-40)43-23-13-25-45(35-43)55-59-54(39-18-7-4-8-19-39)60-56(61-55)46-30-32-51(58-36-46)38-16-5-3-6-17-38/h1-42H;3-36H,1-2H3. The molecule has 0 atom stereocenters. The highest BCUT2D eigenvalue weighted by atomic mass is 15.0. The first kappa shape index (κ1) is 77.4. The summed E-state index contributed by atoms with van der Waals surface area (Å²) in [7, 11) is 0. The maximum Gasteiger partial charge on any atom is 0.165 e. The lowest BCUT2D eigenvalue weighted by Crippen LogP contribution is -2.28. The van der Waals surface area contributed by atoms with Gasteiger partial charge in [0.1, 0.15) is 0 Å². The second-order valence-corrected chi connectivity index (χ2v) is 33.3. The lowest BCUT2D eigenvalue weighted by molar-refractivity contribution is 0.661. The summed E-state index contributed by atoms with van der Waals surface area (Å²) >= 11 is 0. The van der Waals surface area contributed by atoms with Crippen LogP contribution in [0.3, 0.4) is 0 Å². The van der Waals surface area contributed by atoms with Crippen molar-refractivity contribution in [2.24, 2.45) is 0 Å². The number of aromatic nitrogens is 8. The molecule has 23 rings (SSSR count). The molecule has 4 aromatic heterocycles. The molecule has 8 nitrogen and oxygen atoms in total. The van der Waals surface area contributed by atoms with Crippen LogP contribution in [0.15, 0.2) is 461 Å². The van der Waals surface area contributed by atoms with E-state index in [-0.39, 0.29) is 5.41 Å². The number of rotatable bonds is 16. The van der Waals surface area contributed by atoms with Crippen LogP contribution >= 0.6 is 0 Å². The van der Waals surface area contributed by atoms with Crippen LogP contribution in [0, 0.1) is 0 Å². The summed E-state index contributed by atoms with van der Waals surface area (Å²) in [5, 5.41) is 2.58. The van der Waals surface area contributed by atoms with Crippen molar-refractivity contribution in [3.8, 4) is 180 Å². The molecule has 4 heterocycles. The first-order valence-corrected chi connectivity index (χ1v) is 43.5. The molecule has 0 saturated carbocycles. The molecule has 128 heavy (non-hydrogen) atoms. The molecule has 2 aliphatic carbocycles. The van der Waals surface area contributed by atoms with Gasteiger partial charge in [0.05, 0.1) is 11.1 Å². The Morgan fingerprint density at radius 2 is 0.523 bits per heavy atom. The summed E-state index contributed by atoms with van der Waals surface area (Å²) in [6.07, 6.45) is 5.47. The number of hydrogen-bond acceptors (Lipinski definition) is 8. The van der Waals surface area contributed by atoms with Crippen molar-refractivity contribution >= 4 is 10.8 Å². The van der Waals surface area contributed by atoms with Crippen molar-refractivity contribution in [3.05, 3.63) is 495 Å². The molecule has 0 saturated heterocycles. The molecule has 0 fully saturated rings. The fourth-order valence-corrected chi connectivity index (χ4v) is 19.1. The van der Waals surface area contributed by atoms with Crippen LogP contribution in [-0.2, 0) is 10.8 Å². The van der Waals surface area contributed by atoms with E-state index >= 15 is 0 Å². The summed E-state index contributed by atoms with van der Waals surface area (Å²) in [5.41, 5.74) is 36.1. The van der Waals surface area contributed by atoms with Gasteiger partial charge in [0.2, 0.25) is 0 Å². The van der Waals surface area contributed by atoms with Crippen molar-refractivity contribution in [1.29, 1.82) is 0 Å². The Labute approximate surface area is 744 Å². The van der Waals surface area contributed by atoms with Crippen LogP contribution < -0.4 is 0 Å². The van der Waals surface area contributed by atoms with E-state index in [1.165, 1.54) is 94.2 Å². The Bertz CT molecular complexity index is 7700. The van der Waals surface area contributed by atoms with Gasteiger partial charge in [0.15, 0.2) is 34.9 Å². The van der Waals surface area contributed by atoms with Crippen molar-refractivity contribution in [1.82, 2.24) is 39.9 Å². The zero-order valence-corrected chi connectivity index (χ0v) is 70.5. The highest BCUT2D eigenvalue weighted by molar-refractivity contribution is 6.07. The molecule has 602 valence electrons. The first-order chi connectivity index (χ1) is 63.2. The second kappa shape index (κ2) is 33.2. The Morgan fingerprint density at radius 1 is 0.195 bits per heavy atom. The van der Waals surface area contributed by atoms with E-state index in [4.69, 9.17) is 34.9 Å². The van der Waals surface area contributed by atoms with E-state index < -0.39 is 5.41 Å². The number of fused-ring (bicyclic) bond motifs is 8. The third-order valence-corrected chi connectivity index (χ3v) is 25.3. The van der Waals surface area contributed by atoms with Gasteiger partial charge in [-0.25, -0.2) is 29.9 Å². The number of benzene rings is 17. The van der Waals surface area contributed by atoms with Gasteiger partial charge in [-0.15, -0.1) is 0 Å². The van der Waals surface area contributed by atoms with Crippen molar-refractivity contribution in [3.63, 3.8) is 0 Å². The molecule has 0 radical (unpaired) electrons. The van der Waals surface area contributed by atoms with Crippen molar-refractivity contribution in [2.75, 3.05) is 0 Å². The van der Waals surface area contributed by atoms with Crippen molar-refractivity contribution in [2.45, 2.75) is 24.7 Å². The van der Waals surface area contributed by atoms with Crippen LogP contribution in [0.2, 0.25) is 0 Å². The highest BCUT2D eigenvalue weighted by Gasteiger charge is 2.47. The van der Waals surface area contributed by atoms with Crippen LogP contribution in [-0.4, -0.2) is 39.9 Å². The number of hydrogen-bond donors (Lipinski definition) is 0. The highest BCUT2D eigenvalue weighted by Crippen LogP contribution is 2.59. The average molecular weight is 1640 g/mol. The number of pyridine rings is 2. The van der Waals surface area contributed by atoms with E-state index in [1.807, 2.05) is 122 Å². The predicted molar refractivity (Wildman–Crippen MR) is 524 cm³/mol. The van der Waals surface area contributed by atoms with E-state index in [2.05, 4.69) is 359 Å². The topological polar surface area (TPSA) is 103 Å². The monoisotopic (exact) mass is 1630 g/mol. The first-order valence-electron chi connectivity index (χ1n) is 43.5. The minimum atomic E-state index is -0.455.